The predicted octanol–water partition coefficient (Wildman–Crippen LogP) is 1.41. The van der Waals surface area contributed by atoms with Gasteiger partial charge in [0.2, 0.25) is 0 Å². The van der Waals surface area contributed by atoms with Gasteiger partial charge in [-0.3, -0.25) is 4.79 Å². The standard InChI is InChI=1S/C10H14N2O3/c1-7-11-10(15-12-7)6-14-9-4-2-8(13)3-5-9/h9H,2-6H2,1H3. The molecule has 15 heavy (non-hydrogen) atoms. The molecule has 1 saturated carbocycles. The summed E-state index contributed by atoms with van der Waals surface area (Å²) in [5, 5.41) is 3.67. The zero-order valence-electron chi connectivity index (χ0n) is 8.73. The second kappa shape index (κ2) is 4.53. The van der Waals surface area contributed by atoms with E-state index in [2.05, 4.69) is 10.1 Å². The second-order valence-electron chi connectivity index (χ2n) is 3.78. The van der Waals surface area contributed by atoms with Gasteiger partial charge in [0.1, 0.15) is 12.4 Å². The van der Waals surface area contributed by atoms with Crippen LogP contribution >= 0.6 is 0 Å². The molecule has 0 spiro atoms. The van der Waals surface area contributed by atoms with E-state index in [1.807, 2.05) is 0 Å². The van der Waals surface area contributed by atoms with E-state index in [9.17, 15) is 4.79 Å². The second-order valence-corrected chi connectivity index (χ2v) is 3.78. The summed E-state index contributed by atoms with van der Waals surface area (Å²) in [6, 6.07) is 0. The minimum atomic E-state index is 0.162. The third-order valence-corrected chi connectivity index (χ3v) is 2.50. The molecule has 0 amide bonds. The highest BCUT2D eigenvalue weighted by atomic mass is 16.5. The van der Waals surface area contributed by atoms with Crippen LogP contribution in [0, 0.1) is 6.92 Å². The van der Waals surface area contributed by atoms with E-state index in [0.717, 1.165) is 12.8 Å². The van der Waals surface area contributed by atoms with Gasteiger partial charge >= 0.3 is 0 Å². The molecule has 2 rings (SSSR count). The monoisotopic (exact) mass is 210 g/mol. The van der Waals surface area contributed by atoms with Gasteiger partial charge in [0, 0.05) is 12.8 Å². The molecule has 0 saturated heterocycles. The molecule has 0 aromatic carbocycles. The van der Waals surface area contributed by atoms with Crippen molar-refractivity contribution in [1.29, 1.82) is 0 Å². The maximum absolute atomic E-state index is 11.0. The van der Waals surface area contributed by atoms with Gasteiger partial charge < -0.3 is 9.26 Å². The van der Waals surface area contributed by atoms with Crippen molar-refractivity contribution >= 4 is 5.78 Å². The van der Waals surface area contributed by atoms with E-state index >= 15 is 0 Å². The summed E-state index contributed by atoms with van der Waals surface area (Å²) >= 11 is 0. The molecule has 82 valence electrons. The molecule has 0 unspecified atom stereocenters. The molecular formula is C10H14N2O3. The summed E-state index contributed by atoms with van der Waals surface area (Å²) in [6.07, 6.45) is 3.05. The summed E-state index contributed by atoms with van der Waals surface area (Å²) < 4.78 is 10.5. The van der Waals surface area contributed by atoms with Gasteiger partial charge in [0.25, 0.3) is 5.89 Å². The Morgan fingerprint density at radius 1 is 1.47 bits per heavy atom. The van der Waals surface area contributed by atoms with Crippen molar-refractivity contribution in [1.82, 2.24) is 10.1 Å². The van der Waals surface area contributed by atoms with Crippen LogP contribution < -0.4 is 0 Å². The largest absolute Gasteiger partial charge is 0.368 e. The number of carbonyl (C=O) groups excluding carboxylic acids is 1. The van der Waals surface area contributed by atoms with Gasteiger partial charge in [-0.25, -0.2) is 0 Å². The summed E-state index contributed by atoms with van der Waals surface area (Å²) in [5.74, 6) is 1.46. The zero-order valence-corrected chi connectivity index (χ0v) is 8.73. The summed E-state index contributed by atoms with van der Waals surface area (Å²) in [4.78, 5) is 15.0. The minimum absolute atomic E-state index is 0.162. The summed E-state index contributed by atoms with van der Waals surface area (Å²) in [5.41, 5.74) is 0. The fourth-order valence-corrected chi connectivity index (χ4v) is 1.67. The van der Waals surface area contributed by atoms with Crippen molar-refractivity contribution in [3.05, 3.63) is 11.7 Å². The Morgan fingerprint density at radius 2 is 2.20 bits per heavy atom. The number of carbonyl (C=O) groups is 1. The average Bonchev–Trinajstić information content (AvgIpc) is 2.64. The SMILES string of the molecule is Cc1noc(COC2CCC(=O)CC2)n1. The lowest BCUT2D eigenvalue weighted by atomic mass is 9.97. The number of Topliss-reactive ketones (excluding diaryl/α,β-unsaturated/α-hetero) is 1. The molecule has 1 fully saturated rings. The summed E-state index contributed by atoms with van der Waals surface area (Å²) in [7, 11) is 0. The lowest BCUT2D eigenvalue weighted by molar-refractivity contribution is -0.123. The minimum Gasteiger partial charge on any atom is -0.368 e. The van der Waals surface area contributed by atoms with Gasteiger partial charge in [-0.2, -0.15) is 4.98 Å². The van der Waals surface area contributed by atoms with Gasteiger partial charge in [0.05, 0.1) is 6.10 Å². The van der Waals surface area contributed by atoms with Gasteiger partial charge in [-0.15, -0.1) is 0 Å². The Morgan fingerprint density at radius 3 is 2.80 bits per heavy atom. The number of hydrogen-bond acceptors (Lipinski definition) is 5. The zero-order chi connectivity index (χ0) is 10.7. The Labute approximate surface area is 87.8 Å². The molecule has 0 atom stereocenters. The third kappa shape index (κ3) is 2.86. The molecule has 0 radical (unpaired) electrons. The highest BCUT2D eigenvalue weighted by Crippen LogP contribution is 2.18. The fourth-order valence-electron chi connectivity index (χ4n) is 1.67. The van der Waals surface area contributed by atoms with Gasteiger partial charge in [0.15, 0.2) is 5.82 Å². The van der Waals surface area contributed by atoms with Crippen LogP contribution in [0.15, 0.2) is 4.52 Å². The van der Waals surface area contributed by atoms with Crippen molar-refractivity contribution in [2.75, 3.05) is 0 Å². The molecule has 0 aliphatic heterocycles. The molecule has 0 bridgehead atoms. The van der Waals surface area contributed by atoms with E-state index in [4.69, 9.17) is 9.26 Å². The molecule has 1 heterocycles. The van der Waals surface area contributed by atoms with Crippen LogP contribution in [0.3, 0.4) is 0 Å². The molecule has 1 aromatic rings. The summed E-state index contributed by atoms with van der Waals surface area (Å²) in [6.45, 7) is 2.12. The maximum Gasteiger partial charge on any atom is 0.252 e. The Kier molecular flexibility index (Phi) is 3.11. The van der Waals surface area contributed by atoms with E-state index in [1.165, 1.54) is 0 Å². The molecular weight excluding hydrogens is 196 g/mol. The number of aryl methyl sites for hydroxylation is 1. The molecule has 1 aromatic heterocycles. The van der Waals surface area contributed by atoms with Crippen molar-refractivity contribution in [2.45, 2.75) is 45.3 Å². The lowest BCUT2D eigenvalue weighted by Gasteiger charge is -2.20. The fraction of sp³-hybridized carbons (Fsp3) is 0.700. The van der Waals surface area contributed by atoms with Crippen LogP contribution in [0.1, 0.15) is 37.4 Å². The Bertz CT molecular complexity index is 338. The van der Waals surface area contributed by atoms with Gasteiger partial charge in [-0.05, 0) is 19.8 Å². The van der Waals surface area contributed by atoms with Crippen molar-refractivity contribution in [3.63, 3.8) is 0 Å². The topological polar surface area (TPSA) is 65.2 Å². The van der Waals surface area contributed by atoms with Crippen molar-refractivity contribution in [3.8, 4) is 0 Å². The van der Waals surface area contributed by atoms with E-state index in [0.29, 0.717) is 36.9 Å². The quantitative estimate of drug-likeness (QED) is 0.754. The smallest absolute Gasteiger partial charge is 0.252 e. The predicted molar refractivity (Wildman–Crippen MR) is 51.1 cm³/mol. The lowest BCUT2D eigenvalue weighted by Crippen LogP contribution is -2.21. The van der Waals surface area contributed by atoms with E-state index in [-0.39, 0.29) is 6.10 Å². The molecule has 1 aliphatic carbocycles. The first-order valence-electron chi connectivity index (χ1n) is 5.16. The number of rotatable bonds is 3. The number of nitrogens with zero attached hydrogens (tertiary/aromatic N) is 2. The van der Waals surface area contributed by atoms with Crippen LogP contribution in [0.4, 0.5) is 0 Å². The van der Waals surface area contributed by atoms with Crippen LogP contribution in [-0.2, 0) is 16.1 Å². The molecule has 0 N–H and O–H groups in total. The molecule has 5 heteroatoms. The molecule has 1 aliphatic rings. The van der Waals surface area contributed by atoms with Crippen molar-refractivity contribution in [2.24, 2.45) is 0 Å². The van der Waals surface area contributed by atoms with E-state index < -0.39 is 0 Å². The van der Waals surface area contributed by atoms with Crippen LogP contribution in [0.5, 0.6) is 0 Å². The first-order chi connectivity index (χ1) is 7.24. The third-order valence-electron chi connectivity index (χ3n) is 2.50. The first-order valence-corrected chi connectivity index (χ1v) is 5.16. The number of ketones is 1. The van der Waals surface area contributed by atoms with Gasteiger partial charge in [-0.1, -0.05) is 5.16 Å². The average molecular weight is 210 g/mol. The van der Waals surface area contributed by atoms with Crippen LogP contribution in [0.2, 0.25) is 0 Å². The highest BCUT2D eigenvalue weighted by molar-refractivity contribution is 5.79. The van der Waals surface area contributed by atoms with Crippen LogP contribution in [0.25, 0.3) is 0 Å². The first kappa shape index (κ1) is 10.3. The maximum atomic E-state index is 11.0. The normalized spacial score (nSPS) is 18.3. The highest BCUT2D eigenvalue weighted by Gasteiger charge is 2.19. The van der Waals surface area contributed by atoms with Crippen LogP contribution in [-0.4, -0.2) is 22.0 Å². The number of aromatic nitrogens is 2. The Balaban J connectivity index is 1.76. The van der Waals surface area contributed by atoms with E-state index in [1.54, 1.807) is 6.92 Å². The molecule has 5 nitrogen and oxygen atoms in total. The number of hydrogen-bond donors (Lipinski definition) is 0. The Hall–Kier alpha value is -1.23. The number of ether oxygens (including phenoxy) is 1. The van der Waals surface area contributed by atoms with Crippen molar-refractivity contribution < 1.29 is 14.1 Å².